The standard InChI is InChI=1S/C20H32N4O2/c1-3-21-20(22-10-7-12-25-2)24-15-18-19(16-24)26-13-11-23(18)14-17-8-5-4-6-9-17/h4-6,8-9,18-19H,3,7,10-16H2,1-2H3,(H,21,22). The van der Waals surface area contributed by atoms with Crippen LogP contribution in [0.15, 0.2) is 35.3 Å². The predicted octanol–water partition coefficient (Wildman–Crippen LogP) is 1.57. The van der Waals surface area contributed by atoms with Gasteiger partial charge in [0.2, 0.25) is 0 Å². The molecule has 1 aromatic rings. The van der Waals surface area contributed by atoms with E-state index in [0.29, 0.717) is 6.04 Å². The van der Waals surface area contributed by atoms with Crippen molar-refractivity contribution < 1.29 is 9.47 Å². The lowest BCUT2D eigenvalue weighted by Gasteiger charge is -2.36. The molecule has 2 aliphatic rings. The van der Waals surface area contributed by atoms with Crippen molar-refractivity contribution in [2.75, 3.05) is 53.0 Å². The number of methoxy groups -OCH3 is 1. The SMILES string of the molecule is CCNC(=NCCCOC)N1CC2OCCN(Cc3ccccc3)C2C1. The average Bonchev–Trinajstić information content (AvgIpc) is 3.10. The number of morpholine rings is 1. The van der Waals surface area contributed by atoms with Crippen molar-refractivity contribution in [3.05, 3.63) is 35.9 Å². The summed E-state index contributed by atoms with van der Waals surface area (Å²) in [6.07, 6.45) is 1.21. The van der Waals surface area contributed by atoms with E-state index in [2.05, 4.69) is 52.4 Å². The molecule has 1 aromatic carbocycles. The minimum atomic E-state index is 0.260. The van der Waals surface area contributed by atoms with E-state index < -0.39 is 0 Å². The van der Waals surface area contributed by atoms with Crippen molar-refractivity contribution in [3.8, 4) is 0 Å². The van der Waals surface area contributed by atoms with Crippen LogP contribution >= 0.6 is 0 Å². The Morgan fingerprint density at radius 3 is 2.92 bits per heavy atom. The van der Waals surface area contributed by atoms with E-state index in [4.69, 9.17) is 14.5 Å². The zero-order valence-corrected chi connectivity index (χ0v) is 16.1. The molecule has 0 saturated carbocycles. The summed E-state index contributed by atoms with van der Waals surface area (Å²) in [4.78, 5) is 9.70. The fourth-order valence-corrected chi connectivity index (χ4v) is 3.77. The first-order valence-electron chi connectivity index (χ1n) is 9.73. The lowest BCUT2D eigenvalue weighted by atomic mass is 10.1. The molecule has 0 bridgehead atoms. The highest BCUT2D eigenvalue weighted by Gasteiger charge is 2.41. The highest BCUT2D eigenvalue weighted by Crippen LogP contribution is 2.24. The number of aliphatic imine (C=N–C) groups is 1. The third kappa shape index (κ3) is 4.96. The molecule has 0 amide bonds. The van der Waals surface area contributed by atoms with Crippen LogP contribution in [0, 0.1) is 0 Å². The fourth-order valence-electron chi connectivity index (χ4n) is 3.77. The van der Waals surface area contributed by atoms with Gasteiger partial charge in [-0.25, -0.2) is 0 Å². The fraction of sp³-hybridized carbons (Fsp3) is 0.650. The van der Waals surface area contributed by atoms with Crippen molar-refractivity contribution in [1.29, 1.82) is 0 Å². The molecule has 144 valence electrons. The summed E-state index contributed by atoms with van der Waals surface area (Å²) in [7, 11) is 1.73. The van der Waals surface area contributed by atoms with Crippen LogP contribution in [0.5, 0.6) is 0 Å². The van der Waals surface area contributed by atoms with Crippen molar-refractivity contribution in [1.82, 2.24) is 15.1 Å². The largest absolute Gasteiger partial charge is 0.385 e. The van der Waals surface area contributed by atoms with E-state index >= 15 is 0 Å². The van der Waals surface area contributed by atoms with Gasteiger partial charge in [0, 0.05) is 53.0 Å². The normalized spacial score (nSPS) is 23.9. The summed E-state index contributed by atoms with van der Waals surface area (Å²) in [5.74, 6) is 1.00. The van der Waals surface area contributed by atoms with E-state index in [9.17, 15) is 0 Å². The van der Waals surface area contributed by atoms with Crippen LogP contribution in [0.4, 0.5) is 0 Å². The molecule has 2 unspecified atom stereocenters. The Morgan fingerprint density at radius 1 is 1.31 bits per heavy atom. The molecule has 0 spiro atoms. The molecule has 26 heavy (non-hydrogen) atoms. The molecule has 6 nitrogen and oxygen atoms in total. The number of benzene rings is 1. The third-order valence-corrected chi connectivity index (χ3v) is 5.05. The molecule has 3 rings (SSSR count). The van der Waals surface area contributed by atoms with Gasteiger partial charge in [0.1, 0.15) is 0 Å². The van der Waals surface area contributed by atoms with Crippen molar-refractivity contribution >= 4 is 5.96 Å². The van der Waals surface area contributed by atoms with Crippen LogP contribution in [-0.2, 0) is 16.0 Å². The van der Waals surface area contributed by atoms with Crippen LogP contribution in [0.1, 0.15) is 18.9 Å². The van der Waals surface area contributed by atoms with Gasteiger partial charge in [-0.2, -0.15) is 0 Å². The highest BCUT2D eigenvalue weighted by atomic mass is 16.5. The van der Waals surface area contributed by atoms with E-state index in [1.807, 2.05) is 0 Å². The Hall–Kier alpha value is -1.63. The van der Waals surface area contributed by atoms with Gasteiger partial charge >= 0.3 is 0 Å². The Kier molecular flexibility index (Phi) is 7.29. The van der Waals surface area contributed by atoms with Crippen molar-refractivity contribution in [2.24, 2.45) is 4.99 Å². The molecule has 6 heteroatoms. The lowest BCUT2D eigenvalue weighted by Crippen LogP contribution is -2.50. The second-order valence-corrected chi connectivity index (χ2v) is 6.92. The number of nitrogens with one attached hydrogen (secondary N) is 1. The maximum absolute atomic E-state index is 6.09. The molecule has 2 aliphatic heterocycles. The monoisotopic (exact) mass is 360 g/mol. The average molecular weight is 361 g/mol. The first-order valence-corrected chi connectivity index (χ1v) is 9.73. The van der Waals surface area contributed by atoms with Crippen LogP contribution < -0.4 is 5.32 Å². The molecule has 2 fully saturated rings. The summed E-state index contributed by atoms with van der Waals surface area (Å²) < 4.78 is 11.2. The van der Waals surface area contributed by atoms with Gasteiger partial charge in [0.05, 0.1) is 18.8 Å². The van der Waals surface area contributed by atoms with Crippen LogP contribution in [0.3, 0.4) is 0 Å². The number of hydrogen-bond donors (Lipinski definition) is 1. The zero-order chi connectivity index (χ0) is 18.2. The van der Waals surface area contributed by atoms with Crippen LogP contribution in [0.2, 0.25) is 0 Å². The molecule has 2 atom stereocenters. The second-order valence-electron chi connectivity index (χ2n) is 6.92. The number of likely N-dealkylation sites (tertiary alicyclic amines) is 1. The molecule has 2 saturated heterocycles. The highest BCUT2D eigenvalue weighted by molar-refractivity contribution is 5.80. The molecular weight excluding hydrogens is 328 g/mol. The van der Waals surface area contributed by atoms with Crippen LogP contribution in [0.25, 0.3) is 0 Å². The number of guanidine groups is 1. The number of hydrogen-bond acceptors (Lipinski definition) is 4. The van der Waals surface area contributed by atoms with Gasteiger partial charge in [0.25, 0.3) is 0 Å². The van der Waals surface area contributed by atoms with Crippen molar-refractivity contribution in [2.45, 2.75) is 32.0 Å². The summed E-state index contributed by atoms with van der Waals surface area (Å²) in [6, 6.07) is 11.1. The third-order valence-electron chi connectivity index (χ3n) is 5.05. The predicted molar refractivity (Wildman–Crippen MR) is 104 cm³/mol. The van der Waals surface area contributed by atoms with Gasteiger partial charge in [-0.1, -0.05) is 30.3 Å². The maximum atomic E-state index is 6.09. The Balaban J connectivity index is 1.63. The number of fused-ring (bicyclic) bond motifs is 1. The number of ether oxygens (including phenoxy) is 2. The molecule has 0 aromatic heterocycles. The minimum absolute atomic E-state index is 0.260. The Morgan fingerprint density at radius 2 is 2.15 bits per heavy atom. The van der Waals surface area contributed by atoms with E-state index in [-0.39, 0.29) is 6.10 Å². The van der Waals surface area contributed by atoms with Gasteiger partial charge in [-0.3, -0.25) is 9.89 Å². The second kappa shape index (κ2) is 9.90. The molecule has 2 heterocycles. The number of rotatable bonds is 7. The molecule has 1 N–H and O–H groups in total. The summed E-state index contributed by atoms with van der Waals surface area (Å²) in [5, 5.41) is 3.44. The van der Waals surface area contributed by atoms with Gasteiger partial charge in [-0.05, 0) is 18.9 Å². The van der Waals surface area contributed by atoms with Crippen molar-refractivity contribution in [3.63, 3.8) is 0 Å². The lowest BCUT2D eigenvalue weighted by molar-refractivity contribution is -0.0502. The summed E-state index contributed by atoms with van der Waals surface area (Å²) >= 11 is 0. The van der Waals surface area contributed by atoms with Gasteiger partial charge in [-0.15, -0.1) is 0 Å². The van der Waals surface area contributed by atoms with E-state index in [1.165, 1.54) is 5.56 Å². The molecule has 0 aliphatic carbocycles. The quantitative estimate of drug-likeness (QED) is 0.454. The summed E-state index contributed by atoms with van der Waals surface area (Å²) in [6.45, 7) is 9.20. The minimum Gasteiger partial charge on any atom is -0.385 e. The first kappa shape index (κ1) is 19.1. The Labute approximate surface area is 157 Å². The maximum Gasteiger partial charge on any atom is 0.194 e. The first-order chi connectivity index (χ1) is 12.8. The summed E-state index contributed by atoms with van der Waals surface area (Å²) in [5.41, 5.74) is 1.37. The topological polar surface area (TPSA) is 49.3 Å². The van der Waals surface area contributed by atoms with E-state index in [1.54, 1.807) is 7.11 Å². The Bertz CT molecular complexity index is 566. The molecule has 0 radical (unpaired) electrons. The number of nitrogens with zero attached hydrogens (tertiary/aromatic N) is 3. The van der Waals surface area contributed by atoms with Crippen LogP contribution in [-0.4, -0.2) is 81.0 Å². The molecular formula is C20H32N4O2. The van der Waals surface area contributed by atoms with Gasteiger partial charge < -0.3 is 19.7 Å². The van der Waals surface area contributed by atoms with Gasteiger partial charge in [0.15, 0.2) is 5.96 Å². The zero-order valence-electron chi connectivity index (χ0n) is 16.1. The van der Waals surface area contributed by atoms with E-state index in [0.717, 1.165) is 64.9 Å². The smallest absolute Gasteiger partial charge is 0.194 e.